The number of rotatable bonds is 3. The number of hydrogen-bond acceptors (Lipinski definition) is 3. The van der Waals surface area contributed by atoms with Gasteiger partial charge in [-0.1, -0.05) is 6.42 Å². The van der Waals surface area contributed by atoms with Crippen molar-refractivity contribution in [3.63, 3.8) is 0 Å². The first kappa shape index (κ1) is 8.21. The van der Waals surface area contributed by atoms with Crippen molar-refractivity contribution in [1.29, 1.82) is 0 Å². The van der Waals surface area contributed by atoms with Gasteiger partial charge in [-0.05, 0) is 36.5 Å². The first-order valence-corrected chi connectivity index (χ1v) is 5.45. The van der Waals surface area contributed by atoms with Gasteiger partial charge in [0.2, 0.25) is 0 Å². The highest BCUT2D eigenvalue weighted by atomic mass is 16.5. The molecule has 3 rings (SSSR count). The molecule has 3 fully saturated rings. The van der Waals surface area contributed by atoms with E-state index in [1.807, 2.05) is 0 Å². The maximum Gasteiger partial charge on any atom is 0.0501 e. The third-order valence-electron chi connectivity index (χ3n) is 4.28. The average molecular weight is 182 g/mol. The molecule has 74 valence electrons. The first-order valence-electron chi connectivity index (χ1n) is 5.45. The van der Waals surface area contributed by atoms with E-state index < -0.39 is 0 Å². The fraction of sp³-hybridized carbons (Fsp3) is 1.00. The van der Waals surface area contributed by atoms with Crippen molar-refractivity contribution in [2.24, 2.45) is 29.5 Å². The van der Waals surface area contributed by atoms with Crippen molar-refractivity contribution in [2.75, 3.05) is 13.2 Å². The molecule has 0 spiro atoms. The molecule has 13 heavy (non-hydrogen) atoms. The molecule has 3 atom stereocenters. The van der Waals surface area contributed by atoms with E-state index in [0.29, 0.717) is 6.04 Å². The Kier molecular flexibility index (Phi) is 1.86. The molecule has 3 aliphatic rings. The Balaban J connectivity index is 1.63. The highest BCUT2D eigenvalue weighted by Crippen LogP contribution is 2.55. The number of hydrogen-bond donors (Lipinski definition) is 2. The number of nitrogens with two attached hydrogens (primary N) is 1. The standard InChI is InChI=1S/C10H18N2O/c11-12-10(6-2-1-3-6)9-7-4-13-5-8(7)9/h6-10,12H,1-5,11H2. The van der Waals surface area contributed by atoms with E-state index in [4.69, 9.17) is 10.6 Å². The first-order chi connectivity index (χ1) is 6.42. The zero-order valence-corrected chi connectivity index (χ0v) is 7.91. The maximum atomic E-state index is 5.64. The smallest absolute Gasteiger partial charge is 0.0501 e. The van der Waals surface area contributed by atoms with Gasteiger partial charge in [0.15, 0.2) is 0 Å². The molecule has 1 saturated heterocycles. The zero-order valence-electron chi connectivity index (χ0n) is 7.91. The van der Waals surface area contributed by atoms with Crippen LogP contribution < -0.4 is 11.3 Å². The van der Waals surface area contributed by atoms with E-state index in [9.17, 15) is 0 Å². The summed E-state index contributed by atoms with van der Waals surface area (Å²) in [6, 6.07) is 0.590. The Morgan fingerprint density at radius 3 is 2.38 bits per heavy atom. The Morgan fingerprint density at radius 1 is 1.23 bits per heavy atom. The summed E-state index contributed by atoms with van der Waals surface area (Å²) in [7, 11) is 0. The number of fused-ring (bicyclic) bond motifs is 1. The van der Waals surface area contributed by atoms with Gasteiger partial charge in [-0.15, -0.1) is 0 Å². The van der Waals surface area contributed by atoms with Crippen LogP contribution in [0.15, 0.2) is 0 Å². The van der Waals surface area contributed by atoms with Crippen LogP contribution >= 0.6 is 0 Å². The molecule has 0 aromatic rings. The quantitative estimate of drug-likeness (QED) is 0.494. The fourth-order valence-corrected chi connectivity index (χ4v) is 3.18. The maximum absolute atomic E-state index is 5.64. The van der Waals surface area contributed by atoms with E-state index in [-0.39, 0.29) is 0 Å². The van der Waals surface area contributed by atoms with Crippen molar-refractivity contribution in [1.82, 2.24) is 5.43 Å². The summed E-state index contributed by atoms with van der Waals surface area (Å²) < 4.78 is 5.39. The molecule has 3 nitrogen and oxygen atoms in total. The Bertz CT molecular complexity index is 195. The zero-order chi connectivity index (χ0) is 8.84. The summed E-state index contributed by atoms with van der Waals surface area (Å²) in [5, 5.41) is 0. The lowest BCUT2D eigenvalue weighted by Gasteiger charge is -2.34. The van der Waals surface area contributed by atoms with Crippen molar-refractivity contribution >= 4 is 0 Å². The van der Waals surface area contributed by atoms with Gasteiger partial charge in [0.1, 0.15) is 0 Å². The number of ether oxygens (including phenoxy) is 1. The van der Waals surface area contributed by atoms with Gasteiger partial charge < -0.3 is 4.74 Å². The molecule has 3 heteroatoms. The summed E-state index contributed by atoms with van der Waals surface area (Å²) in [6.07, 6.45) is 4.17. The predicted octanol–water partition coefficient (Wildman–Crippen LogP) is 0.511. The van der Waals surface area contributed by atoms with Gasteiger partial charge in [0.05, 0.1) is 13.2 Å². The predicted molar refractivity (Wildman–Crippen MR) is 49.7 cm³/mol. The Morgan fingerprint density at radius 2 is 1.92 bits per heavy atom. The molecule has 0 aromatic carbocycles. The van der Waals surface area contributed by atoms with Gasteiger partial charge in [-0.2, -0.15) is 0 Å². The molecule has 0 amide bonds. The van der Waals surface area contributed by atoms with Crippen LogP contribution in [0.2, 0.25) is 0 Å². The summed E-state index contributed by atoms with van der Waals surface area (Å²) in [6.45, 7) is 1.97. The normalized spacial score (nSPS) is 45.5. The topological polar surface area (TPSA) is 47.3 Å². The fourth-order valence-electron chi connectivity index (χ4n) is 3.18. The third-order valence-corrected chi connectivity index (χ3v) is 4.28. The van der Waals surface area contributed by atoms with Crippen molar-refractivity contribution in [3.8, 4) is 0 Å². The minimum atomic E-state index is 0.590. The second kappa shape index (κ2) is 2.94. The SMILES string of the molecule is NNC(C1CCC1)C1C2COCC21. The summed E-state index contributed by atoms with van der Waals surface area (Å²) in [4.78, 5) is 0. The van der Waals surface area contributed by atoms with Gasteiger partial charge in [0, 0.05) is 6.04 Å². The minimum Gasteiger partial charge on any atom is -0.381 e. The van der Waals surface area contributed by atoms with Crippen LogP contribution in [0, 0.1) is 23.7 Å². The van der Waals surface area contributed by atoms with Crippen molar-refractivity contribution in [2.45, 2.75) is 25.3 Å². The third kappa shape index (κ3) is 1.14. The van der Waals surface area contributed by atoms with Crippen LogP contribution in [-0.2, 0) is 4.74 Å². The molecule has 0 bridgehead atoms. The Hall–Kier alpha value is -0.120. The van der Waals surface area contributed by atoms with Crippen LogP contribution in [0.25, 0.3) is 0 Å². The van der Waals surface area contributed by atoms with Crippen molar-refractivity contribution < 1.29 is 4.74 Å². The van der Waals surface area contributed by atoms with Crippen LogP contribution in [0.3, 0.4) is 0 Å². The lowest BCUT2D eigenvalue weighted by molar-refractivity contribution is 0.121. The molecule has 0 radical (unpaired) electrons. The van der Waals surface area contributed by atoms with Gasteiger partial charge in [-0.3, -0.25) is 11.3 Å². The minimum absolute atomic E-state index is 0.590. The monoisotopic (exact) mass is 182 g/mol. The summed E-state index contributed by atoms with van der Waals surface area (Å²) >= 11 is 0. The highest BCUT2D eigenvalue weighted by Gasteiger charge is 2.58. The molecule has 0 aromatic heterocycles. The summed E-state index contributed by atoms with van der Waals surface area (Å²) in [5.74, 6) is 9.00. The van der Waals surface area contributed by atoms with E-state index in [0.717, 1.165) is 36.9 Å². The summed E-state index contributed by atoms with van der Waals surface area (Å²) in [5.41, 5.74) is 3.04. The average Bonchev–Trinajstić information content (AvgIpc) is 2.56. The number of nitrogens with one attached hydrogen (secondary N) is 1. The second-order valence-corrected chi connectivity index (χ2v) is 4.83. The molecule has 1 heterocycles. The molecular formula is C10H18N2O. The lowest BCUT2D eigenvalue weighted by Crippen LogP contribution is -2.46. The molecule has 1 aliphatic heterocycles. The van der Waals surface area contributed by atoms with E-state index >= 15 is 0 Å². The molecule has 3 N–H and O–H groups in total. The van der Waals surface area contributed by atoms with Gasteiger partial charge in [-0.25, -0.2) is 0 Å². The lowest BCUT2D eigenvalue weighted by atomic mass is 9.77. The van der Waals surface area contributed by atoms with E-state index in [1.54, 1.807) is 0 Å². The van der Waals surface area contributed by atoms with E-state index in [2.05, 4.69) is 5.43 Å². The molecule has 3 unspecified atom stereocenters. The highest BCUT2D eigenvalue weighted by molar-refractivity contribution is 5.07. The van der Waals surface area contributed by atoms with Crippen LogP contribution in [0.5, 0.6) is 0 Å². The molecular weight excluding hydrogens is 164 g/mol. The van der Waals surface area contributed by atoms with Crippen LogP contribution in [0.1, 0.15) is 19.3 Å². The molecule has 2 saturated carbocycles. The van der Waals surface area contributed by atoms with Crippen molar-refractivity contribution in [3.05, 3.63) is 0 Å². The second-order valence-electron chi connectivity index (χ2n) is 4.83. The van der Waals surface area contributed by atoms with Crippen LogP contribution in [0.4, 0.5) is 0 Å². The largest absolute Gasteiger partial charge is 0.381 e. The van der Waals surface area contributed by atoms with Gasteiger partial charge in [0.25, 0.3) is 0 Å². The Labute approximate surface area is 79.0 Å². The van der Waals surface area contributed by atoms with Crippen LogP contribution in [-0.4, -0.2) is 19.3 Å². The molecule has 2 aliphatic carbocycles. The van der Waals surface area contributed by atoms with E-state index in [1.165, 1.54) is 19.3 Å². The van der Waals surface area contributed by atoms with Gasteiger partial charge >= 0.3 is 0 Å². The number of hydrazine groups is 1.